The fraction of sp³-hybridized carbons (Fsp3) is 0.476. The molecule has 1 aromatic carbocycles. The Hall–Kier alpha value is -1.73. The molecule has 2 aliphatic rings. The molecule has 148 valence electrons. The van der Waals surface area contributed by atoms with Crippen LogP contribution in [0.25, 0.3) is 5.69 Å². The first kappa shape index (κ1) is 19.6. The number of hydrogen-bond donors (Lipinski definition) is 1. The quantitative estimate of drug-likeness (QED) is 0.597. The van der Waals surface area contributed by atoms with Crippen molar-refractivity contribution in [3.05, 3.63) is 45.4 Å². The highest BCUT2D eigenvalue weighted by molar-refractivity contribution is 8.00. The highest BCUT2D eigenvalue weighted by atomic mass is 32.2. The normalized spacial score (nSPS) is 16.4. The first-order valence-corrected chi connectivity index (χ1v) is 11.8. The van der Waals surface area contributed by atoms with Crippen LogP contribution in [-0.2, 0) is 11.2 Å². The summed E-state index contributed by atoms with van der Waals surface area (Å²) in [6.45, 7) is 4.05. The van der Waals surface area contributed by atoms with E-state index in [0.717, 1.165) is 52.4 Å². The standard InChI is InChI=1S/C21H25N3O2S2/c1-13-9-14(2)11-16(10-13)24-20(26)19-17(7-8-27-19)23-21(24)28-12-18(25)22-15-5-3-4-6-15/h9-11,15H,3-8,12H2,1-2H3,(H,22,25). The number of aromatic nitrogens is 2. The fourth-order valence-electron chi connectivity index (χ4n) is 3.97. The predicted molar refractivity (Wildman–Crippen MR) is 115 cm³/mol. The summed E-state index contributed by atoms with van der Waals surface area (Å²) in [7, 11) is 0. The zero-order valence-electron chi connectivity index (χ0n) is 16.3. The van der Waals surface area contributed by atoms with E-state index < -0.39 is 0 Å². The monoisotopic (exact) mass is 415 g/mol. The number of aryl methyl sites for hydroxylation is 3. The van der Waals surface area contributed by atoms with E-state index in [0.29, 0.717) is 11.2 Å². The summed E-state index contributed by atoms with van der Waals surface area (Å²) in [6.07, 6.45) is 5.32. The Bertz CT molecular complexity index is 945. The zero-order valence-corrected chi connectivity index (χ0v) is 17.9. The second kappa shape index (κ2) is 8.33. The molecule has 2 heterocycles. The molecule has 2 aromatic rings. The molecule has 1 saturated carbocycles. The molecule has 1 amide bonds. The second-order valence-corrected chi connectivity index (χ2v) is 9.64. The molecule has 0 radical (unpaired) electrons. The van der Waals surface area contributed by atoms with Crippen LogP contribution in [0, 0.1) is 13.8 Å². The smallest absolute Gasteiger partial charge is 0.272 e. The van der Waals surface area contributed by atoms with E-state index >= 15 is 0 Å². The lowest BCUT2D eigenvalue weighted by Crippen LogP contribution is -2.34. The van der Waals surface area contributed by atoms with Crippen molar-refractivity contribution in [3.8, 4) is 5.69 Å². The van der Waals surface area contributed by atoms with Gasteiger partial charge in [-0.25, -0.2) is 4.98 Å². The molecule has 0 saturated heterocycles. The van der Waals surface area contributed by atoms with Crippen molar-refractivity contribution in [1.29, 1.82) is 0 Å². The van der Waals surface area contributed by atoms with Gasteiger partial charge in [0.2, 0.25) is 5.91 Å². The van der Waals surface area contributed by atoms with Gasteiger partial charge in [0, 0.05) is 18.2 Å². The molecule has 0 bridgehead atoms. The van der Waals surface area contributed by atoms with Crippen LogP contribution < -0.4 is 10.9 Å². The van der Waals surface area contributed by atoms with Crippen molar-refractivity contribution < 1.29 is 4.79 Å². The molecule has 1 N–H and O–H groups in total. The number of carbonyl (C=O) groups excluding carboxylic acids is 1. The molecule has 1 aromatic heterocycles. The van der Waals surface area contributed by atoms with Gasteiger partial charge in [-0.3, -0.25) is 14.2 Å². The molecule has 4 rings (SSSR count). The molecule has 7 heteroatoms. The van der Waals surface area contributed by atoms with Crippen molar-refractivity contribution in [2.24, 2.45) is 0 Å². The molecule has 5 nitrogen and oxygen atoms in total. The van der Waals surface area contributed by atoms with Crippen molar-refractivity contribution in [2.75, 3.05) is 11.5 Å². The van der Waals surface area contributed by atoms with Crippen LogP contribution in [0.1, 0.15) is 42.5 Å². The van der Waals surface area contributed by atoms with Crippen molar-refractivity contribution in [2.45, 2.75) is 62.0 Å². The second-order valence-electron chi connectivity index (χ2n) is 7.59. The maximum Gasteiger partial charge on any atom is 0.272 e. The van der Waals surface area contributed by atoms with Crippen molar-refractivity contribution >= 4 is 29.4 Å². The zero-order chi connectivity index (χ0) is 19.7. The topological polar surface area (TPSA) is 64.0 Å². The van der Waals surface area contributed by atoms with E-state index in [9.17, 15) is 9.59 Å². The van der Waals surface area contributed by atoms with Gasteiger partial charge in [0.15, 0.2) is 5.16 Å². The summed E-state index contributed by atoms with van der Waals surface area (Å²) >= 11 is 2.94. The van der Waals surface area contributed by atoms with Crippen LogP contribution in [0.4, 0.5) is 0 Å². The number of rotatable bonds is 5. The number of amides is 1. The van der Waals surface area contributed by atoms with E-state index in [1.807, 2.05) is 26.0 Å². The minimum Gasteiger partial charge on any atom is -0.353 e. The molecular weight excluding hydrogens is 390 g/mol. The summed E-state index contributed by atoms with van der Waals surface area (Å²) < 4.78 is 1.69. The van der Waals surface area contributed by atoms with Crippen LogP contribution >= 0.6 is 23.5 Å². The van der Waals surface area contributed by atoms with Gasteiger partial charge in [-0.05, 0) is 49.9 Å². The van der Waals surface area contributed by atoms with Crippen LogP contribution in [0.2, 0.25) is 0 Å². The van der Waals surface area contributed by atoms with Crippen LogP contribution in [0.15, 0.2) is 33.0 Å². The first-order chi connectivity index (χ1) is 13.5. The lowest BCUT2D eigenvalue weighted by atomic mass is 10.1. The van der Waals surface area contributed by atoms with Gasteiger partial charge < -0.3 is 5.32 Å². The largest absolute Gasteiger partial charge is 0.353 e. The maximum absolute atomic E-state index is 13.2. The van der Waals surface area contributed by atoms with Gasteiger partial charge in [0.25, 0.3) is 5.56 Å². The number of hydrogen-bond acceptors (Lipinski definition) is 5. The molecule has 1 aliphatic heterocycles. The average Bonchev–Trinajstić information content (AvgIpc) is 3.30. The minimum absolute atomic E-state index is 0.0174. The Morgan fingerprint density at radius 2 is 1.96 bits per heavy atom. The lowest BCUT2D eigenvalue weighted by molar-refractivity contribution is -0.119. The summed E-state index contributed by atoms with van der Waals surface area (Å²) in [6, 6.07) is 6.40. The van der Waals surface area contributed by atoms with E-state index in [-0.39, 0.29) is 17.2 Å². The number of benzene rings is 1. The predicted octanol–water partition coefficient (Wildman–Crippen LogP) is 3.65. The lowest BCUT2D eigenvalue weighted by Gasteiger charge is -2.16. The number of nitrogens with one attached hydrogen (secondary N) is 1. The Balaban J connectivity index is 1.64. The first-order valence-electron chi connectivity index (χ1n) is 9.81. The van der Waals surface area contributed by atoms with Crippen LogP contribution in [0.3, 0.4) is 0 Å². The average molecular weight is 416 g/mol. The number of nitrogens with zero attached hydrogens (tertiary/aromatic N) is 2. The third kappa shape index (κ3) is 4.15. The van der Waals surface area contributed by atoms with Gasteiger partial charge in [-0.1, -0.05) is 30.7 Å². The van der Waals surface area contributed by atoms with Crippen molar-refractivity contribution in [3.63, 3.8) is 0 Å². The SMILES string of the molecule is Cc1cc(C)cc(-n2c(SCC(=O)NC3CCCC3)nc3c(c2=O)SCC3)c1. The Morgan fingerprint density at radius 3 is 2.68 bits per heavy atom. The molecule has 1 fully saturated rings. The van der Waals surface area contributed by atoms with E-state index in [4.69, 9.17) is 4.98 Å². The van der Waals surface area contributed by atoms with Gasteiger partial charge in [0.1, 0.15) is 0 Å². The molecule has 28 heavy (non-hydrogen) atoms. The molecule has 1 aliphatic carbocycles. The highest BCUT2D eigenvalue weighted by Crippen LogP contribution is 2.30. The third-order valence-electron chi connectivity index (χ3n) is 5.18. The van der Waals surface area contributed by atoms with Crippen LogP contribution in [-0.4, -0.2) is 33.0 Å². The Morgan fingerprint density at radius 1 is 1.25 bits per heavy atom. The third-order valence-corrected chi connectivity index (χ3v) is 7.23. The van der Waals surface area contributed by atoms with Gasteiger partial charge in [0.05, 0.1) is 22.0 Å². The molecule has 0 spiro atoms. The van der Waals surface area contributed by atoms with Crippen molar-refractivity contribution in [1.82, 2.24) is 14.9 Å². The summed E-state index contributed by atoms with van der Waals surface area (Å²) in [5, 5.41) is 3.72. The number of carbonyl (C=O) groups is 1. The Labute approximate surface area is 173 Å². The minimum atomic E-state index is -0.0174. The Kier molecular flexibility index (Phi) is 5.83. The van der Waals surface area contributed by atoms with E-state index in [1.165, 1.54) is 24.6 Å². The molecule has 0 unspecified atom stereocenters. The molecular formula is C21H25N3O2S2. The number of fused-ring (bicyclic) bond motifs is 1. The van der Waals surface area contributed by atoms with Gasteiger partial charge in [-0.15, -0.1) is 11.8 Å². The summed E-state index contributed by atoms with van der Waals surface area (Å²) in [4.78, 5) is 31.1. The summed E-state index contributed by atoms with van der Waals surface area (Å²) in [5.74, 6) is 1.19. The van der Waals surface area contributed by atoms with Crippen LogP contribution in [0.5, 0.6) is 0 Å². The van der Waals surface area contributed by atoms with Gasteiger partial charge in [-0.2, -0.15) is 0 Å². The van der Waals surface area contributed by atoms with E-state index in [1.54, 1.807) is 16.3 Å². The fourth-order valence-corrected chi connectivity index (χ4v) is 5.83. The van der Waals surface area contributed by atoms with Gasteiger partial charge >= 0.3 is 0 Å². The number of thioether (sulfide) groups is 2. The maximum atomic E-state index is 13.2. The van der Waals surface area contributed by atoms with E-state index in [2.05, 4.69) is 11.4 Å². The molecule has 0 atom stereocenters. The summed E-state index contributed by atoms with van der Waals surface area (Å²) in [5.41, 5.74) is 3.88. The highest BCUT2D eigenvalue weighted by Gasteiger charge is 2.24.